The zero-order valence-electron chi connectivity index (χ0n) is 9.54. The summed E-state index contributed by atoms with van der Waals surface area (Å²) in [6, 6.07) is 20.5. The summed E-state index contributed by atoms with van der Waals surface area (Å²) in [6.07, 6.45) is 0.323. The third-order valence-corrected chi connectivity index (χ3v) is 3.11. The summed E-state index contributed by atoms with van der Waals surface area (Å²) in [5, 5.41) is 0. The molecule has 2 aromatic rings. The monoisotopic (exact) mass is 222 g/mol. The van der Waals surface area contributed by atoms with Crippen LogP contribution in [0.3, 0.4) is 0 Å². The van der Waals surface area contributed by atoms with Crippen LogP contribution in [-0.2, 0) is 4.74 Å². The zero-order valence-corrected chi connectivity index (χ0v) is 9.54. The minimum absolute atomic E-state index is 0.139. The maximum absolute atomic E-state index is 5.72. The molecule has 0 amide bonds. The summed E-state index contributed by atoms with van der Waals surface area (Å²) in [4.78, 5) is 0. The average Bonchev–Trinajstić information content (AvgIpc) is 3.20. The van der Waals surface area contributed by atoms with Crippen molar-refractivity contribution in [3.05, 3.63) is 78.4 Å². The topological polar surface area (TPSA) is 12.5 Å². The van der Waals surface area contributed by atoms with E-state index in [1.165, 1.54) is 5.56 Å². The van der Waals surface area contributed by atoms with E-state index in [4.69, 9.17) is 4.74 Å². The number of epoxide rings is 1. The Labute approximate surface area is 101 Å². The van der Waals surface area contributed by atoms with Gasteiger partial charge in [-0.1, -0.05) is 67.2 Å². The van der Waals surface area contributed by atoms with Gasteiger partial charge in [-0.15, -0.1) is 0 Å². The van der Waals surface area contributed by atoms with Gasteiger partial charge in [-0.25, -0.2) is 0 Å². The first kappa shape index (κ1) is 10.3. The molecule has 0 bridgehead atoms. The third-order valence-electron chi connectivity index (χ3n) is 3.11. The molecular formula is C16H14O. The second kappa shape index (κ2) is 4.19. The fraction of sp³-hybridized carbons (Fsp3) is 0.125. The predicted molar refractivity (Wildman–Crippen MR) is 69.5 cm³/mol. The Hall–Kier alpha value is -1.86. The minimum Gasteiger partial charge on any atom is -0.359 e. The highest BCUT2D eigenvalue weighted by atomic mass is 16.6. The van der Waals surface area contributed by atoms with Gasteiger partial charge >= 0.3 is 0 Å². The molecule has 1 saturated heterocycles. The molecule has 0 saturated carbocycles. The van der Waals surface area contributed by atoms with E-state index in [0.29, 0.717) is 0 Å². The summed E-state index contributed by atoms with van der Waals surface area (Å²) < 4.78 is 5.72. The number of rotatable bonds is 3. The molecule has 1 heteroatoms. The van der Waals surface area contributed by atoms with Gasteiger partial charge in [0, 0.05) is 0 Å². The first-order chi connectivity index (χ1) is 8.36. The van der Waals surface area contributed by atoms with Crippen molar-refractivity contribution < 1.29 is 4.74 Å². The zero-order chi connectivity index (χ0) is 11.7. The van der Waals surface area contributed by atoms with Crippen LogP contribution in [0.5, 0.6) is 0 Å². The van der Waals surface area contributed by atoms with Crippen molar-refractivity contribution in [2.45, 2.75) is 12.2 Å². The molecule has 0 aliphatic carbocycles. The Kier molecular flexibility index (Phi) is 2.54. The Morgan fingerprint density at radius 1 is 0.882 bits per heavy atom. The largest absolute Gasteiger partial charge is 0.359 e. The molecule has 0 aromatic heterocycles. The summed E-state index contributed by atoms with van der Waals surface area (Å²) in [6.45, 7) is 4.14. The molecule has 0 spiro atoms. The van der Waals surface area contributed by atoms with E-state index >= 15 is 0 Å². The van der Waals surface area contributed by atoms with Gasteiger partial charge in [-0.05, 0) is 16.7 Å². The SMILES string of the molecule is C=C(c1ccccc1)[C@@H]1O[C@H]1c1ccccc1. The van der Waals surface area contributed by atoms with Crippen LogP contribution in [0.25, 0.3) is 5.57 Å². The highest BCUT2D eigenvalue weighted by Crippen LogP contribution is 2.45. The van der Waals surface area contributed by atoms with Crippen molar-refractivity contribution in [1.29, 1.82) is 0 Å². The molecule has 0 unspecified atom stereocenters. The van der Waals surface area contributed by atoms with Gasteiger partial charge in [0.25, 0.3) is 0 Å². The van der Waals surface area contributed by atoms with Crippen molar-refractivity contribution in [3.63, 3.8) is 0 Å². The fourth-order valence-electron chi connectivity index (χ4n) is 2.09. The lowest BCUT2D eigenvalue weighted by Crippen LogP contribution is -1.92. The molecule has 2 aromatic carbocycles. The van der Waals surface area contributed by atoms with Crippen LogP contribution in [0, 0.1) is 0 Å². The van der Waals surface area contributed by atoms with Gasteiger partial charge < -0.3 is 4.74 Å². The Morgan fingerprint density at radius 3 is 2.12 bits per heavy atom. The fourth-order valence-corrected chi connectivity index (χ4v) is 2.09. The maximum atomic E-state index is 5.72. The molecule has 0 N–H and O–H groups in total. The molecular weight excluding hydrogens is 208 g/mol. The summed E-state index contributed by atoms with van der Waals surface area (Å²) in [5.41, 5.74) is 3.46. The van der Waals surface area contributed by atoms with Gasteiger partial charge in [-0.3, -0.25) is 0 Å². The van der Waals surface area contributed by atoms with Gasteiger partial charge in [-0.2, -0.15) is 0 Å². The number of benzene rings is 2. The summed E-state index contributed by atoms with van der Waals surface area (Å²) in [5.74, 6) is 0. The van der Waals surface area contributed by atoms with Crippen LogP contribution in [0.4, 0.5) is 0 Å². The molecule has 84 valence electrons. The third kappa shape index (κ3) is 2.02. The van der Waals surface area contributed by atoms with Crippen LogP contribution in [0.2, 0.25) is 0 Å². The van der Waals surface area contributed by atoms with Crippen molar-refractivity contribution in [3.8, 4) is 0 Å². The molecule has 2 atom stereocenters. The second-order valence-electron chi connectivity index (χ2n) is 4.28. The van der Waals surface area contributed by atoms with Gasteiger partial charge in [0.05, 0.1) is 0 Å². The molecule has 1 nitrogen and oxygen atoms in total. The van der Waals surface area contributed by atoms with Gasteiger partial charge in [0.1, 0.15) is 12.2 Å². The quantitative estimate of drug-likeness (QED) is 0.719. The highest BCUT2D eigenvalue weighted by Gasteiger charge is 2.42. The lowest BCUT2D eigenvalue weighted by molar-refractivity contribution is 0.397. The molecule has 1 aliphatic rings. The molecule has 17 heavy (non-hydrogen) atoms. The van der Waals surface area contributed by atoms with E-state index in [2.05, 4.69) is 30.8 Å². The lowest BCUT2D eigenvalue weighted by Gasteiger charge is -2.01. The standard InChI is InChI=1S/C16H14O/c1-12(13-8-4-2-5-9-13)15-16(17-15)14-10-6-3-7-11-14/h2-11,15-16H,1H2/t15-,16-/m0/s1. The number of hydrogen-bond acceptors (Lipinski definition) is 1. The van der Waals surface area contributed by atoms with Gasteiger partial charge in [0.15, 0.2) is 0 Å². The van der Waals surface area contributed by atoms with Crippen LogP contribution in [0.15, 0.2) is 67.2 Å². The van der Waals surface area contributed by atoms with Crippen LogP contribution < -0.4 is 0 Å². The maximum Gasteiger partial charge on any atom is 0.114 e. The van der Waals surface area contributed by atoms with E-state index in [0.717, 1.165) is 11.1 Å². The normalized spacial score (nSPS) is 22.1. The van der Waals surface area contributed by atoms with Crippen LogP contribution >= 0.6 is 0 Å². The average molecular weight is 222 g/mol. The first-order valence-corrected chi connectivity index (χ1v) is 5.81. The van der Waals surface area contributed by atoms with E-state index in [9.17, 15) is 0 Å². The van der Waals surface area contributed by atoms with E-state index in [-0.39, 0.29) is 12.2 Å². The summed E-state index contributed by atoms with van der Waals surface area (Å²) in [7, 11) is 0. The van der Waals surface area contributed by atoms with Crippen LogP contribution in [-0.4, -0.2) is 6.10 Å². The van der Waals surface area contributed by atoms with Crippen LogP contribution in [0.1, 0.15) is 17.2 Å². The lowest BCUT2D eigenvalue weighted by atomic mass is 10.00. The van der Waals surface area contributed by atoms with E-state index < -0.39 is 0 Å². The molecule has 3 rings (SSSR count). The first-order valence-electron chi connectivity index (χ1n) is 5.81. The minimum atomic E-state index is 0.139. The van der Waals surface area contributed by atoms with E-state index in [1.807, 2.05) is 36.4 Å². The van der Waals surface area contributed by atoms with Gasteiger partial charge in [0.2, 0.25) is 0 Å². The van der Waals surface area contributed by atoms with Crippen molar-refractivity contribution in [2.75, 3.05) is 0 Å². The smallest absolute Gasteiger partial charge is 0.114 e. The molecule has 1 aliphatic heterocycles. The second-order valence-corrected chi connectivity index (χ2v) is 4.28. The van der Waals surface area contributed by atoms with Crippen molar-refractivity contribution in [2.24, 2.45) is 0 Å². The Bertz CT molecular complexity index is 516. The Balaban J connectivity index is 1.76. The molecule has 1 fully saturated rings. The highest BCUT2D eigenvalue weighted by molar-refractivity contribution is 5.69. The number of hydrogen-bond donors (Lipinski definition) is 0. The molecule has 0 radical (unpaired) electrons. The summed E-state index contributed by atoms with van der Waals surface area (Å²) >= 11 is 0. The van der Waals surface area contributed by atoms with Crippen molar-refractivity contribution in [1.82, 2.24) is 0 Å². The predicted octanol–water partition coefficient (Wildman–Crippen LogP) is 3.84. The Morgan fingerprint density at radius 2 is 1.47 bits per heavy atom. The van der Waals surface area contributed by atoms with Crippen molar-refractivity contribution >= 4 is 5.57 Å². The molecule has 1 heterocycles. The van der Waals surface area contributed by atoms with E-state index in [1.54, 1.807) is 0 Å². The number of ether oxygens (including phenoxy) is 1.